The Balaban J connectivity index is 1.79. The van der Waals surface area contributed by atoms with Gasteiger partial charge in [0.05, 0.1) is 5.52 Å². The number of halogens is 1. The summed E-state index contributed by atoms with van der Waals surface area (Å²) in [6, 6.07) is 6.01. The maximum atomic E-state index is 7.68. The topological polar surface area (TPSA) is 61.7 Å². The third-order valence-corrected chi connectivity index (χ3v) is 4.30. The number of benzene rings is 1. The molecule has 2 N–H and O–H groups in total. The molecular formula is C17H19ClN4. The van der Waals surface area contributed by atoms with Gasteiger partial charge >= 0.3 is 0 Å². The highest BCUT2D eigenvalue weighted by Crippen LogP contribution is 2.32. The van der Waals surface area contributed by atoms with Crippen LogP contribution in [0.25, 0.3) is 10.9 Å². The van der Waals surface area contributed by atoms with Crippen LogP contribution in [0.15, 0.2) is 35.7 Å². The molecule has 0 aliphatic heterocycles. The number of hydrogen-bond donors (Lipinski definition) is 2. The first kappa shape index (κ1) is 15.0. The van der Waals surface area contributed by atoms with Crippen molar-refractivity contribution in [2.75, 3.05) is 5.32 Å². The molecule has 0 spiro atoms. The maximum absolute atomic E-state index is 7.68. The molecule has 0 bridgehead atoms. The van der Waals surface area contributed by atoms with Crippen LogP contribution < -0.4 is 5.32 Å². The molecule has 4 nitrogen and oxygen atoms in total. The van der Waals surface area contributed by atoms with Gasteiger partial charge in [0.15, 0.2) is 0 Å². The van der Waals surface area contributed by atoms with E-state index in [2.05, 4.69) is 22.2 Å². The molecule has 1 aliphatic carbocycles. The zero-order chi connectivity index (χ0) is 15.7. The Bertz CT molecular complexity index is 766. The lowest BCUT2D eigenvalue weighted by atomic mass is 10.1. The molecule has 0 radical (unpaired) electrons. The van der Waals surface area contributed by atoms with E-state index in [0.29, 0.717) is 11.1 Å². The fourth-order valence-electron chi connectivity index (χ4n) is 3.04. The van der Waals surface area contributed by atoms with E-state index in [-0.39, 0.29) is 0 Å². The van der Waals surface area contributed by atoms with Crippen molar-refractivity contribution in [1.82, 2.24) is 9.97 Å². The van der Waals surface area contributed by atoms with Crippen molar-refractivity contribution in [3.05, 3.63) is 40.7 Å². The van der Waals surface area contributed by atoms with Crippen molar-refractivity contribution in [2.45, 2.75) is 39.2 Å². The molecule has 5 heteroatoms. The molecule has 0 amide bonds. The van der Waals surface area contributed by atoms with E-state index in [4.69, 9.17) is 17.0 Å². The van der Waals surface area contributed by atoms with Crippen LogP contribution in [0, 0.1) is 5.41 Å². The summed E-state index contributed by atoms with van der Waals surface area (Å²) in [5.41, 5.74) is 4.34. The van der Waals surface area contributed by atoms with Crippen LogP contribution >= 0.6 is 11.6 Å². The first-order valence-corrected chi connectivity index (χ1v) is 7.79. The van der Waals surface area contributed by atoms with E-state index >= 15 is 0 Å². The second kappa shape index (κ2) is 6.05. The second-order valence-corrected chi connectivity index (χ2v) is 6.41. The minimum Gasteiger partial charge on any atom is -0.366 e. The van der Waals surface area contributed by atoms with Gasteiger partial charge in [0.25, 0.3) is 0 Å². The van der Waals surface area contributed by atoms with Crippen LogP contribution in [0.3, 0.4) is 0 Å². The summed E-state index contributed by atoms with van der Waals surface area (Å²) in [5.74, 6) is 0.854. The van der Waals surface area contributed by atoms with Gasteiger partial charge in [-0.3, -0.25) is 0 Å². The smallest absolute Gasteiger partial charge is 0.137 e. The molecule has 2 aromatic rings. The number of nitrogens with one attached hydrogen (secondary N) is 2. The zero-order valence-corrected chi connectivity index (χ0v) is 13.5. The summed E-state index contributed by atoms with van der Waals surface area (Å²) in [6.07, 6.45) is 4.33. The molecule has 1 heterocycles. The Morgan fingerprint density at radius 2 is 2.18 bits per heavy atom. The highest BCUT2D eigenvalue weighted by Gasteiger charge is 2.22. The van der Waals surface area contributed by atoms with Crippen LogP contribution in [0.5, 0.6) is 0 Å². The van der Waals surface area contributed by atoms with Crippen LogP contribution in [-0.2, 0) is 0 Å². The molecule has 1 aromatic heterocycles. The highest BCUT2D eigenvalue weighted by molar-refractivity contribution is 6.31. The minimum atomic E-state index is 0.336. The van der Waals surface area contributed by atoms with Crippen LogP contribution in [0.1, 0.15) is 33.1 Å². The van der Waals surface area contributed by atoms with Crippen molar-refractivity contribution in [3.8, 4) is 0 Å². The molecule has 3 rings (SSSR count). The van der Waals surface area contributed by atoms with Crippen molar-refractivity contribution < 1.29 is 0 Å². The third-order valence-electron chi connectivity index (χ3n) is 4.07. The summed E-state index contributed by atoms with van der Waals surface area (Å²) in [4.78, 5) is 8.66. The van der Waals surface area contributed by atoms with Gasteiger partial charge in [0, 0.05) is 28.6 Å². The molecule has 1 aromatic carbocycles. The SMILES string of the molecule is CC(=N)CC1=C(C)CC(Nc2ncnc3cc(Cl)ccc23)C1. The molecule has 0 saturated carbocycles. The number of aromatic nitrogens is 2. The molecule has 1 atom stereocenters. The fourth-order valence-corrected chi connectivity index (χ4v) is 3.21. The van der Waals surface area contributed by atoms with E-state index in [9.17, 15) is 0 Å². The summed E-state index contributed by atoms with van der Waals surface area (Å²) in [7, 11) is 0. The highest BCUT2D eigenvalue weighted by atomic mass is 35.5. The number of hydrogen-bond acceptors (Lipinski definition) is 4. The van der Waals surface area contributed by atoms with Gasteiger partial charge in [0.2, 0.25) is 0 Å². The molecular weight excluding hydrogens is 296 g/mol. The molecule has 114 valence electrons. The normalized spacial score (nSPS) is 18.0. The Kier molecular flexibility index (Phi) is 4.12. The molecule has 0 saturated heterocycles. The quantitative estimate of drug-likeness (QED) is 0.640. The number of anilines is 1. The number of nitrogens with zero attached hydrogens (tertiary/aromatic N) is 2. The van der Waals surface area contributed by atoms with Gasteiger partial charge in [-0.25, -0.2) is 9.97 Å². The predicted molar refractivity (Wildman–Crippen MR) is 91.9 cm³/mol. The summed E-state index contributed by atoms with van der Waals surface area (Å²) >= 11 is 6.02. The van der Waals surface area contributed by atoms with Gasteiger partial charge in [0.1, 0.15) is 12.1 Å². The summed E-state index contributed by atoms with van der Waals surface area (Å²) in [6.45, 7) is 4.03. The number of rotatable bonds is 4. The minimum absolute atomic E-state index is 0.336. The molecule has 0 fully saturated rings. The molecule has 1 aliphatic rings. The lowest BCUT2D eigenvalue weighted by Gasteiger charge is -2.15. The largest absolute Gasteiger partial charge is 0.366 e. The molecule has 22 heavy (non-hydrogen) atoms. The summed E-state index contributed by atoms with van der Waals surface area (Å²) < 4.78 is 0. The van der Waals surface area contributed by atoms with Crippen LogP contribution in [0.4, 0.5) is 5.82 Å². The second-order valence-electron chi connectivity index (χ2n) is 5.97. The van der Waals surface area contributed by atoms with E-state index in [0.717, 1.165) is 41.7 Å². The fraction of sp³-hybridized carbons (Fsp3) is 0.353. The Morgan fingerprint density at radius 1 is 1.36 bits per heavy atom. The van der Waals surface area contributed by atoms with E-state index < -0.39 is 0 Å². The van der Waals surface area contributed by atoms with Crippen molar-refractivity contribution >= 4 is 34.0 Å². The third kappa shape index (κ3) is 3.12. The van der Waals surface area contributed by atoms with Gasteiger partial charge in [-0.1, -0.05) is 22.7 Å². The molecule has 1 unspecified atom stereocenters. The van der Waals surface area contributed by atoms with Crippen molar-refractivity contribution in [2.24, 2.45) is 0 Å². The average Bonchev–Trinajstić information content (AvgIpc) is 2.78. The van der Waals surface area contributed by atoms with Gasteiger partial charge in [-0.05, 0) is 44.9 Å². The lowest BCUT2D eigenvalue weighted by Crippen LogP contribution is -2.17. The first-order chi connectivity index (χ1) is 10.5. The Hall–Kier alpha value is -1.94. The van der Waals surface area contributed by atoms with E-state index in [1.807, 2.05) is 25.1 Å². The Morgan fingerprint density at radius 3 is 2.95 bits per heavy atom. The first-order valence-electron chi connectivity index (χ1n) is 7.41. The van der Waals surface area contributed by atoms with Gasteiger partial charge < -0.3 is 10.7 Å². The standard InChI is InChI=1S/C17H19ClN4/c1-10-5-14(7-12(10)6-11(2)19)22-17-15-4-3-13(18)8-16(15)20-9-21-17/h3-4,8-9,14,19H,5-7H2,1-2H3,(H,20,21,22). The monoisotopic (exact) mass is 314 g/mol. The van der Waals surface area contributed by atoms with Gasteiger partial charge in [-0.15, -0.1) is 0 Å². The maximum Gasteiger partial charge on any atom is 0.137 e. The van der Waals surface area contributed by atoms with Gasteiger partial charge in [-0.2, -0.15) is 0 Å². The van der Waals surface area contributed by atoms with Crippen LogP contribution in [-0.4, -0.2) is 21.7 Å². The van der Waals surface area contributed by atoms with E-state index in [1.165, 1.54) is 11.1 Å². The zero-order valence-electron chi connectivity index (χ0n) is 12.8. The number of fused-ring (bicyclic) bond motifs is 1. The Labute approximate surface area is 135 Å². The summed E-state index contributed by atoms with van der Waals surface area (Å²) in [5, 5.41) is 12.9. The van der Waals surface area contributed by atoms with E-state index in [1.54, 1.807) is 6.33 Å². The lowest BCUT2D eigenvalue weighted by molar-refractivity contribution is 0.756. The average molecular weight is 315 g/mol. The van der Waals surface area contributed by atoms with Crippen LogP contribution in [0.2, 0.25) is 5.02 Å². The van der Waals surface area contributed by atoms with Crippen molar-refractivity contribution in [3.63, 3.8) is 0 Å². The van der Waals surface area contributed by atoms with Crippen molar-refractivity contribution in [1.29, 1.82) is 5.41 Å². The predicted octanol–water partition coefficient (Wildman–Crippen LogP) is 4.60.